The van der Waals surface area contributed by atoms with E-state index in [4.69, 9.17) is 4.42 Å². The van der Waals surface area contributed by atoms with Crippen LogP contribution in [0.1, 0.15) is 68.8 Å². The monoisotopic (exact) mass is 377 g/mol. The van der Waals surface area contributed by atoms with E-state index >= 15 is 0 Å². The zero-order chi connectivity index (χ0) is 19.6. The van der Waals surface area contributed by atoms with Crippen molar-refractivity contribution in [1.29, 1.82) is 0 Å². The van der Waals surface area contributed by atoms with Crippen molar-refractivity contribution in [3.63, 3.8) is 0 Å². The fraction of sp³-hybridized carbons (Fsp3) is 0.480. The Morgan fingerprint density at radius 3 is 2.82 bits per heavy atom. The first-order valence-electron chi connectivity index (χ1n) is 10.8. The van der Waals surface area contributed by atoms with Gasteiger partial charge in [0, 0.05) is 12.6 Å². The van der Waals surface area contributed by atoms with Crippen LogP contribution in [0.2, 0.25) is 0 Å². The molecule has 1 spiro atoms. The molecule has 28 heavy (non-hydrogen) atoms. The molecule has 1 aliphatic heterocycles. The maximum atomic E-state index is 12.6. The van der Waals surface area contributed by atoms with Crippen molar-refractivity contribution in [2.75, 3.05) is 4.90 Å². The summed E-state index contributed by atoms with van der Waals surface area (Å²) in [5, 5.41) is 0. The molecule has 2 aliphatic rings. The van der Waals surface area contributed by atoms with Crippen molar-refractivity contribution in [3.8, 4) is 0 Å². The molecule has 0 radical (unpaired) electrons. The first-order valence-corrected chi connectivity index (χ1v) is 10.8. The van der Waals surface area contributed by atoms with Gasteiger partial charge in [-0.25, -0.2) is 4.79 Å². The van der Waals surface area contributed by atoms with E-state index in [0.717, 1.165) is 18.7 Å². The van der Waals surface area contributed by atoms with Gasteiger partial charge in [0.1, 0.15) is 5.76 Å². The Bertz CT molecular complexity index is 899. The lowest BCUT2D eigenvalue weighted by Crippen LogP contribution is -2.55. The molecule has 1 aromatic heterocycles. The second-order valence-corrected chi connectivity index (χ2v) is 8.42. The van der Waals surface area contributed by atoms with Crippen molar-refractivity contribution < 1.29 is 4.42 Å². The number of rotatable bonds is 5. The smallest absolute Gasteiger partial charge is 0.345 e. The molecule has 0 unspecified atom stereocenters. The van der Waals surface area contributed by atoms with E-state index in [-0.39, 0.29) is 11.2 Å². The molecule has 1 aromatic carbocycles. The van der Waals surface area contributed by atoms with Crippen molar-refractivity contribution in [3.05, 3.63) is 69.8 Å². The van der Waals surface area contributed by atoms with E-state index in [1.165, 1.54) is 44.1 Å². The summed E-state index contributed by atoms with van der Waals surface area (Å²) < 4.78 is 5.41. The Kier molecular flexibility index (Phi) is 5.43. The lowest BCUT2D eigenvalue weighted by Gasteiger charge is -2.53. The molecule has 3 heteroatoms. The largest absolute Gasteiger partial charge is 0.428 e. The summed E-state index contributed by atoms with van der Waals surface area (Å²) in [5.41, 5.74) is 2.81. The highest BCUT2D eigenvalue weighted by atomic mass is 16.4. The summed E-state index contributed by atoms with van der Waals surface area (Å²) in [5.74, 6) is 1.31. The quantitative estimate of drug-likeness (QED) is 0.631. The average Bonchev–Trinajstić information content (AvgIpc) is 2.70. The fourth-order valence-electron chi connectivity index (χ4n) is 5.20. The van der Waals surface area contributed by atoms with Gasteiger partial charge in [-0.15, -0.1) is 0 Å². The summed E-state index contributed by atoms with van der Waals surface area (Å²) in [6, 6.07) is 12.7. The zero-order valence-electron chi connectivity index (χ0n) is 17.1. The van der Waals surface area contributed by atoms with Gasteiger partial charge >= 0.3 is 5.63 Å². The standard InChI is InChI=1S/C25H31NO2/c1-3-4-12-21-13-8-9-15-25(21)16-14-22-23(17-19(2)28-24(22)27)26(25)18-20-10-6-5-7-11-20/h5-7,10-11,14,16-17,21H,3-4,8-9,12-13,15,18H2,1-2H3/t21-,25+/m1/s1. The SMILES string of the molecule is CCCC[C@@H]1CCCC[C@]12C=Cc1c(cc(C)oc1=O)N2Cc1ccccc1. The van der Waals surface area contributed by atoms with Crippen LogP contribution in [-0.2, 0) is 6.54 Å². The Hall–Kier alpha value is -2.29. The topological polar surface area (TPSA) is 33.5 Å². The normalized spacial score (nSPS) is 23.8. The number of hydrogen-bond donors (Lipinski definition) is 0. The molecular weight excluding hydrogens is 346 g/mol. The van der Waals surface area contributed by atoms with E-state index < -0.39 is 0 Å². The number of hydrogen-bond acceptors (Lipinski definition) is 3. The molecule has 0 amide bonds. The molecule has 1 fully saturated rings. The number of aryl methyl sites for hydroxylation is 1. The molecule has 1 aliphatic carbocycles. The number of unbranched alkanes of at least 4 members (excludes halogenated alkanes) is 1. The molecule has 0 bridgehead atoms. The van der Waals surface area contributed by atoms with Crippen LogP contribution >= 0.6 is 0 Å². The highest BCUT2D eigenvalue weighted by Crippen LogP contribution is 2.48. The summed E-state index contributed by atoms with van der Waals surface area (Å²) in [6.45, 7) is 4.98. The third-order valence-corrected chi connectivity index (χ3v) is 6.60. The molecule has 0 N–H and O–H groups in total. The molecule has 148 valence electrons. The van der Waals surface area contributed by atoms with Crippen LogP contribution in [-0.4, -0.2) is 5.54 Å². The minimum atomic E-state index is -0.222. The molecule has 3 nitrogen and oxygen atoms in total. The molecule has 2 atom stereocenters. The van der Waals surface area contributed by atoms with Gasteiger partial charge in [-0.2, -0.15) is 0 Å². The van der Waals surface area contributed by atoms with Crippen LogP contribution in [0.3, 0.4) is 0 Å². The van der Waals surface area contributed by atoms with Crippen LogP contribution in [0, 0.1) is 12.8 Å². The maximum absolute atomic E-state index is 12.6. The minimum Gasteiger partial charge on any atom is -0.428 e. The van der Waals surface area contributed by atoms with E-state index in [1.807, 2.05) is 13.0 Å². The minimum absolute atomic E-state index is 0.00348. The van der Waals surface area contributed by atoms with Gasteiger partial charge in [0.05, 0.1) is 16.8 Å². The Morgan fingerprint density at radius 2 is 2.04 bits per heavy atom. The van der Waals surface area contributed by atoms with E-state index in [1.54, 1.807) is 0 Å². The summed E-state index contributed by atoms with van der Waals surface area (Å²) in [7, 11) is 0. The molecule has 1 saturated carbocycles. The zero-order valence-corrected chi connectivity index (χ0v) is 17.1. The van der Waals surface area contributed by atoms with Crippen LogP contribution in [0.5, 0.6) is 0 Å². The first-order chi connectivity index (χ1) is 13.6. The average molecular weight is 378 g/mol. The highest BCUT2D eigenvalue weighted by Gasteiger charge is 2.45. The first kappa shape index (κ1) is 19.0. The van der Waals surface area contributed by atoms with Gasteiger partial charge in [0.15, 0.2) is 0 Å². The van der Waals surface area contributed by atoms with Crippen LogP contribution in [0.25, 0.3) is 6.08 Å². The van der Waals surface area contributed by atoms with Crippen molar-refractivity contribution in [1.82, 2.24) is 0 Å². The van der Waals surface area contributed by atoms with Gasteiger partial charge < -0.3 is 9.32 Å². The number of anilines is 1. The molecule has 0 saturated heterocycles. The van der Waals surface area contributed by atoms with Gasteiger partial charge in [-0.3, -0.25) is 0 Å². The molecular formula is C25H31NO2. The molecule has 2 aromatic rings. The fourth-order valence-corrected chi connectivity index (χ4v) is 5.20. The lowest BCUT2D eigenvalue weighted by atomic mass is 9.67. The molecule has 2 heterocycles. The summed E-state index contributed by atoms with van der Waals surface area (Å²) >= 11 is 0. The van der Waals surface area contributed by atoms with Gasteiger partial charge in [-0.1, -0.05) is 69.0 Å². The van der Waals surface area contributed by atoms with Crippen LogP contribution in [0.15, 0.2) is 51.7 Å². The van der Waals surface area contributed by atoms with Crippen molar-refractivity contribution >= 4 is 11.8 Å². The Labute approximate surface area is 168 Å². The maximum Gasteiger partial charge on any atom is 0.345 e. The Morgan fingerprint density at radius 1 is 1.21 bits per heavy atom. The number of benzene rings is 1. The second kappa shape index (κ2) is 7.98. The second-order valence-electron chi connectivity index (χ2n) is 8.42. The predicted molar refractivity (Wildman–Crippen MR) is 116 cm³/mol. The summed E-state index contributed by atoms with van der Waals surface area (Å²) in [6.07, 6.45) is 13.1. The van der Waals surface area contributed by atoms with Gasteiger partial charge in [0.25, 0.3) is 0 Å². The molecule has 4 rings (SSSR count). The third-order valence-electron chi connectivity index (χ3n) is 6.60. The van der Waals surface area contributed by atoms with Gasteiger partial charge in [-0.05, 0) is 43.7 Å². The predicted octanol–water partition coefficient (Wildman–Crippen LogP) is 6.10. The van der Waals surface area contributed by atoms with E-state index in [2.05, 4.69) is 54.3 Å². The van der Waals surface area contributed by atoms with E-state index in [0.29, 0.717) is 17.2 Å². The highest BCUT2D eigenvalue weighted by molar-refractivity contribution is 5.73. The van der Waals surface area contributed by atoms with Crippen LogP contribution < -0.4 is 10.5 Å². The number of fused-ring (bicyclic) bond motifs is 1. The van der Waals surface area contributed by atoms with Gasteiger partial charge in [0.2, 0.25) is 0 Å². The third kappa shape index (κ3) is 3.43. The van der Waals surface area contributed by atoms with Crippen molar-refractivity contribution in [2.24, 2.45) is 5.92 Å². The number of nitrogens with zero attached hydrogens (tertiary/aromatic N) is 1. The van der Waals surface area contributed by atoms with Crippen LogP contribution in [0.4, 0.5) is 5.69 Å². The summed E-state index contributed by atoms with van der Waals surface area (Å²) in [4.78, 5) is 15.1. The Balaban J connectivity index is 1.83. The van der Waals surface area contributed by atoms with E-state index in [9.17, 15) is 4.79 Å². The lowest BCUT2D eigenvalue weighted by molar-refractivity contribution is 0.204. The van der Waals surface area contributed by atoms with Crippen molar-refractivity contribution in [2.45, 2.75) is 70.9 Å².